The molecule has 1 heterocycles. The molecule has 0 radical (unpaired) electrons. The molecule has 0 atom stereocenters. The summed E-state index contributed by atoms with van der Waals surface area (Å²) >= 11 is 1.57. The number of carbonyl (C=O) groups excluding carboxylic acids is 1. The van der Waals surface area contributed by atoms with Gasteiger partial charge in [0.25, 0.3) is 0 Å². The maximum Gasteiger partial charge on any atom is 0.248 e. The molecule has 1 aromatic heterocycles. The first-order valence-electron chi connectivity index (χ1n) is 5.76. The lowest BCUT2D eigenvalue weighted by atomic mass is 10.2. The lowest BCUT2D eigenvalue weighted by Gasteiger charge is -1.98. The average Bonchev–Trinajstić information content (AvgIpc) is 2.57. The lowest BCUT2D eigenvalue weighted by Crippen LogP contribution is -2.13. The molecule has 1 aromatic carbocycles. The number of rotatable bonds is 2. The highest BCUT2D eigenvalue weighted by Gasteiger charge is 2.06. The van der Waals surface area contributed by atoms with Crippen LogP contribution in [0.15, 0.2) is 23.2 Å². The number of nitrogens with zero attached hydrogens (tertiary/aromatic N) is 2. The summed E-state index contributed by atoms with van der Waals surface area (Å²) < 4.78 is 3.18. The third kappa shape index (κ3) is 2.31. The van der Waals surface area contributed by atoms with Crippen molar-refractivity contribution in [2.45, 2.75) is 26.7 Å². The van der Waals surface area contributed by atoms with E-state index in [-0.39, 0.29) is 5.91 Å². The van der Waals surface area contributed by atoms with Crippen molar-refractivity contribution in [3.63, 3.8) is 0 Å². The van der Waals surface area contributed by atoms with E-state index >= 15 is 0 Å². The molecule has 0 unspecified atom stereocenters. The third-order valence-corrected chi connectivity index (χ3v) is 3.81. The molecule has 90 valence electrons. The summed E-state index contributed by atoms with van der Waals surface area (Å²) in [6.45, 7) is 4.06. The van der Waals surface area contributed by atoms with Crippen molar-refractivity contribution in [2.75, 3.05) is 0 Å². The molecule has 0 spiro atoms. The van der Waals surface area contributed by atoms with Gasteiger partial charge in [-0.05, 0) is 25.0 Å². The molecule has 1 amide bonds. The normalized spacial score (nSPS) is 12.3. The van der Waals surface area contributed by atoms with E-state index in [0.717, 1.165) is 11.2 Å². The largest absolute Gasteiger partial charge is 0.319 e. The summed E-state index contributed by atoms with van der Waals surface area (Å²) in [5.41, 5.74) is 2.38. The number of aromatic nitrogens is 1. The Balaban J connectivity index is 2.61. The number of aryl methyl sites for hydroxylation is 2. The standard InChI is InChI=1S/C13H16N2OS/c1-4-6-11(16)14-13-15(3)12-9(2)7-5-8-10(12)17-13/h5,7-8H,4,6H2,1-3H3. The SMILES string of the molecule is CCCC(=O)N=c1sc2cccc(C)c2n1C. The topological polar surface area (TPSA) is 34.4 Å². The first-order chi connectivity index (χ1) is 8.13. The molecule has 0 aliphatic heterocycles. The summed E-state index contributed by atoms with van der Waals surface area (Å²) in [5.74, 6) is -0.0349. The molecule has 17 heavy (non-hydrogen) atoms. The molecule has 0 saturated heterocycles. The minimum atomic E-state index is -0.0349. The predicted molar refractivity (Wildman–Crippen MR) is 71.0 cm³/mol. The fraction of sp³-hybridized carbons (Fsp3) is 0.385. The Hall–Kier alpha value is -1.42. The van der Waals surface area contributed by atoms with Crippen LogP contribution in [0.4, 0.5) is 0 Å². The van der Waals surface area contributed by atoms with E-state index in [2.05, 4.69) is 24.0 Å². The molecular formula is C13H16N2OS. The number of hydrogen-bond acceptors (Lipinski definition) is 2. The summed E-state index contributed by atoms with van der Waals surface area (Å²) in [6.07, 6.45) is 1.36. The Morgan fingerprint density at radius 1 is 1.47 bits per heavy atom. The van der Waals surface area contributed by atoms with E-state index in [1.165, 1.54) is 15.8 Å². The molecule has 2 rings (SSSR count). The number of thiazole rings is 1. The van der Waals surface area contributed by atoms with E-state index in [9.17, 15) is 4.79 Å². The predicted octanol–water partition coefficient (Wildman–Crippen LogP) is 2.78. The summed E-state index contributed by atoms with van der Waals surface area (Å²) in [6, 6.07) is 6.18. The zero-order valence-electron chi connectivity index (χ0n) is 10.4. The van der Waals surface area contributed by atoms with E-state index < -0.39 is 0 Å². The van der Waals surface area contributed by atoms with Gasteiger partial charge in [-0.25, -0.2) is 0 Å². The number of hydrogen-bond donors (Lipinski definition) is 0. The molecule has 2 aromatic rings. The molecular weight excluding hydrogens is 232 g/mol. The van der Waals surface area contributed by atoms with Crippen molar-refractivity contribution in [1.82, 2.24) is 4.57 Å². The fourth-order valence-corrected chi connectivity index (χ4v) is 2.99. The van der Waals surface area contributed by atoms with Gasteiger partial charge in [0.05, 0.1) is 10.2 Å². The molecule has 0 saturated carbocycles. The second kappa shape index (κ2) is 4.84. The van der Waals surface area contributed by atoms with Gasteiger partial charge in [0, 0.05) is 13.5 Å². The van der Waals surface area contributed by atoms with Gasteiger partial charge in [0.2, 0.25) is 5.91 Å². The van der Waals surface area contributed by atoms with Crippen LogP contribution in [0, 0.1) is 6.92 Å². The number of fused-ring (bicyclic) bond motifs is 1. The minimum absolute atomic E-state index is 0.0349. The van der Waals surface area contributed by atoms with Gasteiger partial charge in [-0.15, -0.1) is 0 Å². The van der Waals surface area contributed by atoms with Crippen molar-refractivity contribution >= 4 is 27.5 Å². The van der Waals surface area contributed by atoms with E-state index in [1.54, 1.807) is 11.3 Å². The van der Waals surface area contributed by atoms with Gasteiger partial charge in [0.1, 0.15) is 0 Å². The van der Waals surface area contributed by atoms with Crippen LogP contribution in [0.25, 0.3) is 10.2 Å². The highest BCUT2D eigenvalue weighted by molar-refractivity contribution is 7.16. The van der Waals surface area contributed by atoms with Crippen molar-refractivity contribution in [3.05, 3.63) is 28.6 Å². The van der Waals surface area contributed by atoms with Crippen LogP contribution < -0.4 is 4.80 Å². The molecule has 4 heteroatoms. The maximum absolute atomic E-state index is 11.6. The summed E-state index contributed by atoms with van der Waals surface area (Å²) in [4.78, 5) is 16.5. The first-order valence-corrected chi connectivity index (χ1v) is 6.58. The Morgan fingerprint density at radius 3 is 2.88 bits per heavy atom. The van der Waals surface area contributed by atoms with Gasteiger partial charge in [-0.2, -0.15) is 4.99 Å². The highest BCUT2D eigenvalue weighted by atomic mass is 32.1. The maximum atomic E-state index is 11.6. The molecule has 0 fully saturated rings. The van der Waals surface area contributed by atoms with Gasteiger partial charge in [-0.3, -0.25) is 4.79 Å². The van der Waals surface area contributed by atoms with Crippen molar-refractivity contribution in [1.29, 1.82) is 0 Å². The Labute approximate surface area is 104 Å². The smallest absolute Gasteiger partial charge is 0.248 e. The third-order valence-electron chi connectivity index (χ3n) is 2.71. The molecule has 0 aliphatic rings. The van der Waals surface area contributed by atoms with Gasteiger partial charge in [0.15, 0.2) is 4.80 Å². The van der Waals surface area contributed by atoms with Crippen LogP contribution >= 0.6 is 11.3 Å². The number of para-hydroxylation sites is 1. The zero-order chi connectivity index (χ0) is 12.4. The van der Waals surface area contributed by atoms with Gasteiger partial charge in [-0.1, -0.05) is 30.4 Å². The minimum Gasteiger partial charge on any atom is -0.319 e. The van der Waals surface area contributed by atoms with Gasteiger partial charge < -0.3 is 4.57 Å². The first kappa shape index (κ1) is 12.0. The van der Waals surface area contributed by atoms with E-state index in [4.69, 9.17) is 0 Å². The van der Waals surface area contributed by atoms with Crippen molar-refractivity contribution in [2.24, 2.45) is 12.0 Å². The Morgan fingerprint density at radius 2 is 2.24 bits per heavy atom. The molecule has 0 bridgehead atoms. The van der Waals surface area contributed by atoms with Crippen LogP contribution in [0.2, 0.25) is 0 Å². The van der Waals surface area contributed by atoms with Crippen LogP contribution in [-0.4, -0.2) is 10.5 Å². The van der Waals surface area contributed by atoms with Crippen LogP contribution in [0.5, 0.6) is 0 Å². The Kier molecular flexibility index (Phi) is 3.43. The Bertz CT molecular complexity index is 622. The van der Waals surface area contributed by atoms with Crippen LogP contribution in [0.1, 0.15) is 25.3 Å². The molecule has 0 N–H and O–H groups in total. The highest BCUT2D eigenvalue weighted by Crippen LogP contribution is 2.19. The summed E-state index contributed by atoms with van der Waals surface area (Å²) in [5, 5.41) is 0. The fourth-order valence-electron chi connectivity index (χ4n) is 1.88. The second-order valence-electron chi connectivity index (χ2n) is 4.12. The molecule has 3 nitrogen and oxygen atoms in total. The molecule has 0 aliphatic carbocycles. The number of amides is 1. The lowest BCUT2D eigenvalue weighted by molar-refractivity contribution is -0.118. The average molecular weight is 248 g/mol. The van der Waals surface area contributed by atoms with Crippen LogP contribution in [-0.2, 0) is 11.8 Å². The number of carbonyl (C=O) groups is 1. The zero-order valence-corrected chi connectivity index (χ0v) is 11.2. The van der Waals surface area contributed by atoms with Crippen molar-refractivity contribution in [3.8, 4) is 0 Å². The van der Waals surface area contributed by atoms with E-state index in [1.807, 2.05) is 24.6 Å². The quantitative estimate of drug-likeness (QED) is 0.804. The number of benzene rings is 1. The summed E-state index contributed by atoms with van der Waals surface area (Å²) in [7, 11) is 1.96. The monoisotopic (exact) mass is 248 g/mol. The van der Waals surface area contributed by atoms with Gasteiger partial charge >= 0.3 is 0 Å². The van der Waals surface area contributed by atoms with Crippen LogP contribution in [0.3, 0.4) is 0 Å². The second-order valence-corrected chi connectivity index (χ2v) is 5.13. The van der Waals surface area contributed by atoms with E-state index in [0.29, 0.717) is 6.42 Å². The van der Waals surface area contributed by atoms with Crippen molar-refractivity contribution < 1.29 is 4.79 Å².